The van der Waals surface area contributed by atoms with Gasteiger partial charge < -0.3 is 0 Å². The molecule has 0 aromatic heterocycles. The first-order valence-corrected chi connectivity index (χ1v) is 4.04. The van der Waals surface area contributed by atoms with Crippen molar-refractivity contribution >= 4 is 0 Å². The smallest absolute Gasteiger partial charge is 0.0129 e. The minimum Gasteiger partial charge on any atom is -0.0804 e. The molecule has 55 valence electrons. The fourth-order valence-electron chi connectivity index (χ4n) is 1.13. The van der Waals surface area contributed by atoms with Crippen LogP contribution in [0.4, 0.5) is 0 Å². The van der Waals surface area contributed by atoms with E-state index in [9.17, 15) is 0 Å². The van der Waals surface area contributed by atoms with E-state index in [0.717, 1.165) is 12.3 Å². The van der Waals surface area contributed by atoms with Crippen LogP contribution in [-0.4, -0.2) is 0 Å². The van der Waals surface area contributed by atoms with E-state index in [1.54, 1.807) is 0 Å². The third-order valence-electron chi connectivity index (χ3n) is 2.10. The Morgan fingerprint density at radius 3 is 2.90 bits per heavy atom. The first-order chi connectivity index (χ1) is 4.84. The van der Waals surface area contributed by atoms with Crippen LogP contribution in [0.15, 0.2) is 23.8 Å². The Morgan fingerprint density at radius 1 is 1.60 bits per heavy atom. The Kier molecular flexibility index (Phi) is 2.73. The van der Waals surface area contributed by atoms with Crippen LogP contribution in [0.1, 0.15) is 26.7 Å². The highest BCUT2D eigenvalue weighted by molar-refractivity contribution is 5.27. The average Bonchev–Trinajstić information content (AvgIpc) is 2.05. The van der Waals surface area contributed by atoms with Gasteiger partial charge in [0.1, 0.15) is 0 Å². The molecule has 0 spiro atoms. The van der Waals surface area contributed by atoms with E-state index in [1.807, 2.05) is 0 Å². The minimum atomic E-state index is 0.741. The van der Waals surface area contributed by atoms with E-state index in [0.29, 0.717) is 0 Å². The summed E-state index contributed by atoms with van der Waals surface area (Å²) in [6.07, 6.45) is 11.2. The monoisotopic (exact) mass is 135 g/mol. The molecule has 1 rings (SSSR count). The molecule has 0 heterocycles. The van der Waals surface area contributed by atoms with E-state index >= 15 is 0 Å². The highest BCUT2D eigenvalue weighted by atomic mass is 14.1. The molecule has 1 aliphatic rings. The Labute approximate surface area is 63.6 Å². The molecule has 0 fully saturated rings. The van der Waals surface area contributed by atoms with Crippen LogP contribution < -0.4 is 0 Å². The molecular formula is C10H15. The lowest BCUT2D eigenvalue weighted by atomic mass is 9.94. The molecular weight excluding hydrogens is 120 g/mol. The molecule has 1 atom stereocenters. The first-order valence-electron chi connectivity index (χ1n) is 4.04. The lowest BCUT2D eigenvalue weighted by Crippen LogP contribution is -1.97. The molecule has 0 heteroatoms. The fraction of sp³-hybridized carbons (Fsp3) is 0.500. The third kappa shape index (κ3) is 1.73. The lowest BCUT2D eigenvalue weighted by molar-refractivity contribution is 0.666. The zero-order valence-electron chi connectivity index (χ0n) is 6.80. The zero-order valence-corrected chi connectivity index (χ0v) is 6.80. The van der Waals surface area contributed by atoms with Crippen LogP contribution >= 0.6 is 0 Å². The van der Waals surface area contributed by atoms with Gasteiger partial charge in [-0.3, -0.25) is 0 Å². The highest BCUT2D eigenvalue weighted by Gasteiger charge is 2.04. The van der Waals surface area contributed by atoms with Crippen LogP contribution in [-0.2, 0) is 0 Å². The fourth-order valence-corrected chi connectivity index (χ4v) is 1.13. The Bertz CT molecular complexity index is 151. The molecule has 10 heavy (non-hydrogen) atoms. The molecule has 0 saturated heterocycles. The molecule has 0 N–H and O–H groups in total. The maximum atomic E-state index is 2.31. The van der Waals surface area contributed by atoms with Gasteiger partial charge in [-0.2, -0.15) is 0 Å². The summed E-state index contributed by atoms with van der Waals surface area (Å²) in [6, 6.07) is 0. The van der Waals surface area contributed by atoms with Crippen molar-refractivity contribution in [2.24, 2.45) is 5.92 Å². The van der Waals surface area contributed by atoms with Crippen molar-refractivity contribution in [1.29, 1.82) is 0 Å². The van der Waals surface area contributed by atoms with Crippen LogP contribution in [0, 0.1) is 12.3 Å². The number of allylic oxidation sites excluding steroid dienone is 4. The van der Waals surface area contributed by atoms with E-state index < -0.39 is 0 Å². The van der Waals surface area contributed by atoms with Crippen molar-refractivity contribution in [1.82, 2.24) is 0 Å². The van der Waals surface area contributed by atoms with E-state index in [1.165, 1.54) is 12.0 Å². The molecule has 0 saturated carbocycles. The second-order valence-electron chi connectivity index (χ2n) is 2.84. The van der Waals surface area contributed by atoms with Crippen LogP contribution in [0.25, 0.3) is 0 Å². The normalized spacial score (nSPS) is 20.4. The predicted molar refractivity (Wildman–Crippen MR) is 45.6 cm³/mol. The van der Waals surface area contributed by atoms with Gasteiger partial charge in [-0.15, -0.1) is 0 Å². The van der Waals surface area contributed by atoms with Crippen molar-refractivity contribution in [3.05, 3.63) is 30.2 Å². The summed E-state index contributed by atoms with van der Waals surface area (Å²) in [5.41, 5.74) is 1.50. The second kappa shape index (κ2) is 3.60. The molecule has 1 unspecified atom stereocenters. The summed E-state index contributed by atoms with van der Waals surface area (Å²) in [6.45, 7) is 4.51. The molecule has 0 bridgehead atoms. The van der Waals surface area contributed by atoms with E-state index in [4.69, 9.17) is 0 Å². The summed E-state index contributed by atoms with van der Waals surface area (Å²) in [4.78, 5) is 0. The number of rotatable bonds is 2. The molecule has 0 aliphatic heterocycles. The predicted octanol–water partition coefficient (Wildman–Crippen LogP) is 3.12. The molecule has 1 aliphatic carbocycles. The summed E-state index contributed by atoms with van der Waals surface area (Å²) in [5.74, 6) is 0.741. The molecule has 0 aromatic carbocycles. The third-order valence-corrected chi connectivity index (χ3v) is 2.10. The van der Waals surface area contributed by atoms with Gasteiger partial charge in [-0.1, -0.05) is 32.1 Å². The van der Waals surface area contributed by atoms with Gasteiger partial charge in [0.05, 0.1) is 0 Å². The van der Waals surface area contributed by atoms with Crippen LogP contribution in [0.2, 0.25) is 0 Å². The van der Waals surface area contributed by atoms with Gasteiger partial charge in [-0.05, 0) is 30.8 Å². The Balaban J connectivity index is 2.54. The lowest BCUT2D eigenvalue weighted by Gasteiger charge is -2.12. The Hall–Kier alpha value is -0.520. The van der Waals surface area contributed by atoms with Crippen molar-refractivity contribution in [3.63, 3.8) is 0 Å². The van der Waals surface area contributed by atoms with Gasteiger partial charge in [0.15, 0.2) is 0 Å². The van der Waals surface area contributed by atoms with Gasteiger partial charge in [-0.25, -0.2) is 0 Å². The maximum Gasteiger partial charge on any atom is -0.0129 e. The SMILES string of the molecule is CCC(C)C1=CC[CH]C=C1. The van der Waals surface area contributed by atoms with Crippen molar-refractivity contribution < 1.29 is 0 Å². The van der Waals surface area contributed by atoms with Crippen LogP contribution in [0.3, 0.4) is 0 Å². The Morgan fingerprint density at radius 2 is 2.40 bits per heavy atom. The quantitative estimate of drug-likeness (QED) is 0.545. The number of hydrogen-bond acceptors (Lipinski definition) is 0. The highest BCUT2D eigenvalue weighted by Crippen LogP contribution is 2.19. The summed E-state index contributed by atoms with van der Waals surface area (Å²) < 4.78 is 0. The topological polar surface area (TPSA) is 0 Å². The van der Waals surface area contributed by atoms with Gasteiger partial charge in [0.2, 0.25) is 0 Å². The average molecular weight is 135 g/mol. The van der Waals surface area contributed by atoms with Gasteiger partial charge in [0.25, 0.3) is 0 Å². The number of hydrogen-bond donors (Lipinski definition) is 0. The standard InChI is InChI=1S/C10H15/c1-3-9(2)10-7-5-4-6-8-10/h4-5,7-9H,3,6H2,1-2H3. The summed E-state index contributed by atoms with van der Waals surface area (Å²) in [7, 11) is 0. The molecule has 0 amide bonds. The molecule has 0 nitrogen and oxygen atoms in total. The second-order valence-corrected chi connectivity index (χ2v) is 2.84. The molecule has 1 radical (unpaired) electrons. The van der Waals surface area contributed by atoms with Crippen molar-refractivity contribution in [2.75, 3.05) is 0 Å². The summed E-state index contributed by atoms with van der Waals surface area (Å²) in [5, 5.41) is 0. The van der Waals surface area contributed by atoms with Crippen LogP contribution in [0.5, 0.6) is 0 Å². The largest absolute Gasteiger partial charge is 0.0804 e. The van der Waals surface area contributed by atoms with Gasteiger partial charge >= 0.3 is 0 Å². The van der Waals surface area contributed by atoms with E-state index in [-0.39, 0.29) is 0 Å². The first kappa shape index (κ1) is 7.59. The van der Waals surface area contributed by atoms with Crippen molar-refractivity contribution in [2.45, 2.75) is 26.7 Å². The maximum absolute atomic E-state index is 2.31. The van der Waals surface area contributed by atoms with E-state index in [2.05, 4.69) is 38.5 Å². The summed E-state index contributed by atoms with van der Waals surface area (Å²) >= 11 is 0. The molecule has 0 aromatic rings. The minimum absolute atomic E-state index is 0.741. The zero-order chi connectivity index (χ0) is 7.40. The van der Waals surface area contributed by atoms with Gasteiger partial charge in [0, 0.05) is 0 Å². The van der Waals surface area contributed by atoms with Crippen molar-refractivity contribution in [3.8, 4) is 0 Å².